The molecular formula is C61H46IrN4O2-2. The van der Waals surface area contributed by atoms with Crippen molar-refractivity contribution >= 4 is 44.1 Å². The van der Waals surface area contributed by atoms with E-state index in [2.05, 4.69) is 170 Å². The van der Waals surface area contributed by atoms with E-state index in [1.807, 2.05) is 72.8 Å². The zero-order chi connectivity index (χ0) is 45.4. The average molecular weight is 1060 g/mol. The van der Waals surface area contributed by atoms with E-state index in [0.717, 1.165) is 77.8 Å². The van der Waals surface area contributed by atoms with Gasteiger partial charge in [-0.05, 0) is 93.7 Å². The van der Waals surface area contributed by atoms with Crippen LogP contribution in [0.4, 0.5) is 0 Å². The minimum absolute atomic E-state index is 0. The molecule has 0 fully saturated rings. The molecule has 6 nitrogen and oxygen atoms in total. The van der Waals surface area contributed by atoms with E-state index in [0.29, 0.717) is 5.89 Å². The Balaban J connectivity index is 0.000000204. The minimum atomic E-state index is 0. The molecule has 0 aliphatic carbocycles. The Labute approximate surface area is 409 Å². The Morgan fingerprint density at radius 3 is 1.90 bits per heavy atom. The number of para-hydroxylation sites is 4. The fraction of sp³-hybridized carbons (Fsp3) is 0.0984. The molecule has 4 heterocycles. The Morgan fingerprint density at radius 1 is 0.515 bits per heavy atom. The van der Waals surface area contributed by atoms with Gasteiger partial charge in [0.15, 0.2) is 5.58 Å². The van der Waals surface area contributed by atoms with Gasteiger partial charge >= 0.3 is 0 Å². The van der Waals surface area contributed by atoms with Crippen molar-refractivity contribution in [2.45, 2.75) is 39.5 Å². The molecule has 0 saturated heterocycles. The smallest absolute Gasteiger partial charge is 0.220 e. The van der Waals surface area contributed by atoms with Gasteiger partial charge < -0.3 is 18.4 Å². The third kappa shape index (κ3) is 8.25. The molecule has 12 rings (SSSR count). The molecule has 0 atom stereocenters. The van der Waals surface area contributed by atoms with Gasteiger partial charge in [0.05, 0.1) is 22.4 Å². The summed E-state index contributed by atoms with van der Waals surface area (Å²) in [6.45, 7) is 9.14. The number of fused-ring (bicyclic) bond motifs is 5. The molecule has 12 aromatic rings. The van der Waals surface area contributed by atoms with E-state index in [1.165, 1.54) is 33.5 Å². The average Bonchev–Trinajstić information content (AvgIpc) is 4.10. The Hall–Kier alpha value is -7.70. The molecule has 8 aromatic carbocycles. The third-order valence-corrected chi connectivity index (χ3v) is 12.4. The topological polar surface area (TPSA) is 69.9 Å². The van der Waals surface area contributed by atoms with Gasteiger partial charge in [-0.3, -0.25) is 4.98 Å². The Kier molecular flexibility index (Phi) is 12.3. The largest absolute Gasteiger partial charge is 0.501 e. The van der Waals surface area contributed by atoms with Crippen molar-refractivity contribution in [2.75, 3.05) is 0 Å². The van der Waals surface area contributed by atoms with Crippen LogP contribution in [0.15, 0.2) is 203 Å². The number of pyridine rings is 1. The maximum atomic E-state index is 6.73. The van der Waals surface area contributed by atoms with Crippen LogP contribution in [0.3, 0.4) is 0 Å². The van der Waals surface area contributed by atoms with Gasteiger partial charge in [-0.15, -0.1) is 54.1 Å². The molecule has 0 unspecified atom stereocenters. The van der Waals surface area contributed by atoms with E-state index >= 15 is 0 Å². The molecule has 0 amide bonds. The summed E-state index contributed by atoms with van der Waals surface area (Å²) in [6, 6.07) is 71.0. The maximum Gasteiger partial charge on any atom is 0.220 e. The van der Waals surface area contributed by atoms with Crippen LogP contribution in [0.25, 0.3) is 106 Å². The zero-order valence-electron chi connectivity index (χ0n) is 38.1. The first kappa shape index (κ1) is 44.2. The minimum Gasteiger partial charge on any atom is -0.501 e. The summed E-state index contributed by atoms with van der Waals surface area (Å²) in [7, 11) is 0. The van der Waals surface area contributed by atoms with Crippen LogP contribution in [0.2, 0.25) is 0 Å². The van der Waals surface area contributed by atoms with Crippen LogP contribution in [-0.2, 0) is 20.1 Å². The Morgan fingerprint density at radius 2 is 1.19 bits per heavy atom. The quantitative estimate of drug-likeness (QED) is 0.142. The van der Waals surface area contributed by atoms with Crippen molar-refractivity contribution in [3.63, 3.8) is 0 Å². The number of imidazole rings is 1. The second kappa shape index (κ2) is 18.9. The Bertz CT molecular complexity index is 3640. The van der Waals surface area contributed by atoms with Crippen LogP contribution >= 0.6 is 0 Å². The summed E-state index contributed by atoms with van der Waals surface area (Å²) in [6.07, 6.45) is 1.77. The van der Waals surface area contributed by atoms with Gasteiger partial charge in [0.25, 0.3) is 0 Å². The molecule has 0 bridgehead atoms. The molecule has 0 aliphatic rings. The van der Waals surface area contributed by atoms with Crippen molar-refractivity contribution in [3.8, 4) is 62.0 Å². The third-order valence-electron chi connectivity index (χ3n) is 12.4. The van der Waals surface area contributed by atoms with Crippen LogP contribution in [0, 0.1) is 12.1 Å². The van der Waals surface area contributed by atoms with Crippen molar-refractivity contribution in [1.29, 1.82) is 0 Å². The fourth-order valence-electron chi connectivity index (χ4n) is 9.07. The second-order valence-electron chi connectivity index (χ2n) is 17.4. The molecule has 68 heavy (non-hydrogen) atoms. The van der Waals surface area contributed by atoms with E-state index in [4.69, 9.17) is 13.8 Å². The summed E-state index contributed by atoms with van der Waals surface area (Å²) in [4.78, 5) is 14.3. The van der Waals surface area contributed by atoms with E-state index in [1.54, 1.807) is 6.20 Å². The van der Waals surface area contributed by atoms with Crippen LogP contribution in [0.5, 0.6) is 0 Å². The first-order chi connectivity index (χ1) is 32.9. The monoisotopic (exact) mass is 1060 g/mol. The normalized spacial score (nSPS) is 11.4. The predicted octanol–water partition coefficient (Wildman–Crippen LogP) is 16.3. The number of rotatable bonds is 8. The van der Waals surface area contributed by atoms with E-state index in [9.17, 15) is 0 Å². The van der Waals surface area contributed by atoms with Crippen LogP contribution in [0.1, 0.15) is 50.7 Å². The molecule has 0 aliphatic heterocycles. The summed E-state index contributed by atoms with van der Waals surface area (Å²) >= 11 is 0. The predicted molar refractivity (Wildman–Crippen MR) is 273 cm³/mol. The van der Waals surface area contributed by atoms with E-state index < -0.39 is 0 Å². The van der Waals surface area contributed by atoms with Gasteiger partial charge in [0.2, 0.25) is 5.89 Å². The standard InChI is InChI=1S/C43H35N2O.C18H11N2O.Ir/c1-27(2)36-24-32(30-16-9-6-10-17-30)25-37(28(3)4)41(36)45-39-21-12-11-20-38(39)44-43(45)35-19-13-18-34-33-23-22-31(26-40(33)46-42(34)35)29-14-7-5-8-15-29;1-2-7-13(8-3-1)17-14(9-6-12-19-17)18-20-15-10-4-5-11-16(15)21-18;/h5-18,20-28H,1-4H3;1-7,9-12H;/q2*-1;. The number of furan rings is 1. The number of aromatic nitrogens is 4. The molecule has 7 heteroatoms. The van der Waals surface area contributed by atoms with Gasteiger partial charge in [-0.2, -0.15) is 0 Å². The number of hydrogen-bond acceptors (Lipinski definition) is 5. The fourth-order valence-corrected chi connectivity index (χ4v) is 9.07. The van der Waals surface area contributed by atoms with Crippen molar-refractivity contribution in [1.82, 2.24) is 19.5 Å². The summed E-state index contributed by atoms with van der Waals surface area (Å²) in [5.41, 5.74) is 17.3. The molecule has 0 spiro atoms. The second-order valence-corrected chi connectivity index (χ2v) is 17.4. The summed E-state index contributed by atoms with van der Waals surface area (Å²) < 4.78 is 14.9. The molecule has 333 valence electrons. The first-order valence-electron chi connectivity index (χ1n) is 22.8. The molecule has 0 saturated carbocycles. The van der Waals surface area contributed by atoms with Crippen LogP contribution < -0.4 is 0 Å². The zero-order valence-corrected chi connectivity index (χ0v) is 40.5. The number of benzene rings is 8. The number of hydrogen-bond donors (Lipinski definition) is 0. The maximum absolute atomic E-state index is 6.73. The molecule has 0 N–H and O–H groups in total. The SMILES string of the molecule is CC(C)c1cc(-c2ccccc2)cc(C(C)C)c1-n1c(-c2[c-]ccc3c2oc2cc(-c4ccccc4)ccc23)nc2ccccc21.[Ir].[c-]1ccccc1-c1ncccc1-c1nc2ccccc2o1. The number of nitrogens with zero attached hydrogens (tertiary/aromatic N) is 4. The van der Waals surface area contributed by atoms with Gasteiger partial charge in [-0.25, -0.2) is 4.98 Å². The molecule has 1 radical (unpaired) electrons. The molecule has 4 aromatic heterocycles. The summed E-state index contributed by atoms with van der Waals surface area (Å²) in [5, 5.41) is 2.15. The van der Waals surface area contributed by atoms with Gasteiger partial charge in [0, 0.05) is 48.6 Å². The summed E-state index contributed by atoms with van der Waals surface area (Å²) in [5.74, 6) is 1.99. The van der Waals surface area contributed by atoms with Gasteiger partial charge in [0.1, 0.15) is 11.1 Å². The van der Waals surface area contributed by atoms with Gasteiger partial charge in [-0.1, -0.05) is 142 Å². The van der Waals surface area contributed by atoms with Crippen molar-refractivity contribution < 1.29 is 28.9 Å². The van der Waals surface area contributed by atoms with Crippen LogP contribution in [-0.4, -0.2) is 19.5 Å². The van der Waals surface area contributed by atoms with Crippen molar-refractivity contribution in [3.05, 3.63) is 218 Å². The number of oxazole rings is 1. The van der Waals surface area contributed by atoms with Crippen molar-refractivity contribution in [2.24, 2.45) is 0 Å². The van der Waals surface area contributed by atoms with E-state index in [-0.39, 0.29) is 31.9 Å². The molecular weight excluding hydrogens is 1010 g/mol. The first-order valence-corrected chi connectivity index (χ1v) is 22.8.